The molecule has 3 nitrogen and oxygen atoms in total. The van der Waals surface area contributed by atoms with Crippen molar-refractivity contribution in [1.82, 2.24) is 0 Å². The summed E-state index contributed by atoms with van der Waals surface area (Å²) in [6.45, 7) is 9.43. The van der Waals surface area contributed by atoms with Gasteiger partial charge in [-0.05, 0) is 45.4 Å². The molecule has 0 heterocycles. The predicted molar refractivity (Wildman–Crippen MR) is 71.5 cm³/mol. The average molecular weight is 246 g/mol. The van der Waals surface area contributed by atoms with Gasteiger partial charge < -0.3 is 14.2 Å². The summed E-state index contributed by atoms with van der Waals surface area (Å²) in [5.41, 5.74) is 0. The van der Waals surface area contributed by atoms with Crippen molar-refractivity contribution in [3.05, 3.63) is 0 Å². The Labute approximate surface area is 107 Å². The van der Waals surface area contributed by atoms with Gasteiger partial charge >= 0.3 is 0 Å². The van der Waals surface area contributed by atoms with Gasteiger partial charge in [-0.3, -0.25) is 0 Å². The van der Waals surface area contributed by atoms with E-state index in [-0.39, 0.29) is 0 Å². The lowest BCUT2D eigenvalue weighted by atomic mass is 10.2. The zero-order chi connectivity index (χ0) is 12.6. The van der Waals surface area contributed by atoms with Gasteiger partial charge in [-0.2, -0.15) is 0 Å². The quantitative estimate of drug-likeness (QED) is 0.440. The molecule has 3 heteroatoms. The highest BCUT2D eigenvalue weighted by atomic mass is 16.5. The van der Waals surface area contributed by atoms with Crippen LogP contribution in [0.3, 0.4) is 0 Å². The molecule has 0 fully saturated rings. The maximum absolute atomic E-state index is 5.55. The fraction of sp³-hybridized carbons (Fsp3) is 1.00. The molecule has 0 atom stereocenters. The summed E-state index contributed by atoms with van der Waals surface area (Å²) in [6, 6.07) is 0. The second-order valence-corrected chi connectivity index (χ2v) is 4.19. The Bertz CT molecular complexity index is 115. The average Bonchev–Trinajstić information content (AvgIpc) is 2.35. The minimum atomic E-state index is 0.830. The summed E-state index contributed by atoms with van der Waals surface area (Å²) in [4.78, 5) is 0. The Morgan fingerprint density at radius 3 is 1.53 bits per heavy atom. The van der Waals surface area contributed by atoms with Gasteiger partial charge in [0.05, 0.1) is 0 Å². The van der Waals surface area contributed by atoms with Gasteiger partial charge in [0.2, 0.25) is 0 Å². The van der Waals surface area contributed by atoms with Gasteiger partial charge in [0.15, 0.2) is 0 Å². The smallest absolute Gasteiger partial charge is 0.0466 e. The van der Waals surface area contributed by atoms with Crippen LogP contribution >= 0.6 is 0 Å². The molecule has 0 unspecified atom stereocenters. The summed E-state index contributed by atoms with van der Waals surface area (Å²) >= 11 is 0. The molecular weight excluding hydrogens is 216 g/mol. The molecule has 0 saturated heterocycles. The van der Waals surface area contributed by atoms with Crippen molar-refractivity contribution in [1.29, 1.82) is 0 Å². The molecule has 0 bridgehead atoms. The summed E-state index contributed by atoms with van der Waals surface area (Å²) in [6.07, 6.45) is 6.85. The molecule has 104 valence electrons. The first-order valence-electron chi connectivity index (χ1n) is 7.15. The second kappa shape index (κ2) is 15.9. The van der Waals surface area contributed by atoms with Crippen molar-refractivity contribution in [2.75, 3.05) is 39.6 Å². The Kier molecular flexibility index (Phi) is 15.8. The molecule has 0 spiro atoms. The zero-order valence-electron chi connectivity index (χ0n) is 11.7. The summed E-state index contributed by atoms with van der Waals surface area (Å²) in [7, 11) is 0. The molecule has 17 heavy (non-hydrogen) atoms. The monoisotopic (exact) mass is 246 g/mol. The largest absolute Gasteiger partial charge is 0.382 e. The number of hydrogen-bond acceptors (Lipinski definition) is 3. The van der Waals surface area contributed by atoms with Crippen molar-refractivity contribution in [3.8, 4) is 0 Å². The Hall–Kier alpha value is -0.120. The van der Waals surface area contributed by atoms with Crippen LogP contribution in [0.4, 0.5) is 0 Å². The van der Waals surface area contributed by atoms with E-state index in [0.717, 1.165) is 71.7 Å². The van der Waals surface area contributed by atoms with E-state index in [1.54, 1.807) is 0 Å². The fourth-order valence-corrected chi connectivity index (χ4v) is 1.49. The first-order valence-corrected chi connectivity index (χ1v) is 7.15. The van der Waals surface area contributed by atoms with Gasteiger partial charge in [0, 0.05) is 39.6 Å². The lowest BCUT2D eigenvalue weighted by Gasteiger charge is -2.05. The van der Waals surface area contributed by atoms with Crippen LogP contribution in [0.5, 0.6) is 0 Å². The number of unbranched alkanes of at least 4 members (excludes halogenated alkanes) is 3. The highest BCUT2D eigenvalue weighted by Gasteiger charge is 1.92. The first-order chi connectivity index (χ1) is 8.41. The Morgan fingerprint density at radius 2 is 1.00 bits per heavy atom. The van der Waals surface area contributed by atoms with E-state index in [2.05, 4.69) is 6.92 Å². The number of hydrogen-bond donors (Lipinski definition) is 0. The molecule has 0 aromatic heterocycles. The Morgan fingerprint density at radius 1 is 0.529 bits per heavy atom. The summed E-state index contributed by atoms with van der Waals surface area (Å²) < 4.78 is 16.2. The molecule has 0 N–H and O–H groups in total. The van der Waals surface area contributed by atoms with E-state index in [9.17, 15) is 0 Å². The first kappa shape index (κ1) is 16.9. The lowest BCUT2D eigenvalue weighted by molar-refractivity contribution is 0.0986. The predicted octanol–water partition coefficient (Wildman–Crippen LogP) is 3.42. The van der Waals surface area contributed by atoms with E-state index >= 15 is 0 Å². The number of rotatable bonds is 14. The molecule has 0 saturated carbocycles. The highest BCUT2D eigenvalue weighted by Crippen LogP contribution is 1.98. The van der Waals surface area contributed by atoms with Gasteiger partial charge in [-0.15, -0.1) is 0 Å². The lowest BCUT2D eigenvalue weighted by Crippen LogP contribution is -2.01. The normalized spacial score (nSPS) is 10.9. The van der Waals surface area contributed by atoms with Crippen molar-refractivity contribution < 1.29 is 14.2 Å². The number of ether oxygens (including phenoxy) is 3. The van der Waals surface area contributed by atoms with Gasteiger partial charge in [0.1, 0.15) is 0 Å². The molecule has 0 aromatic carbocycles. The van der Waals surface area contributed by atoms with E-state index in [1.807, 2.05) is 6.92 Å². The van der Waals surface area contributed by atoms with E-state index < -0.39 is 0 Å². The minimum absolute atomic E-state index is 0.830. The summed E-state index contributed by atoms with van der Waals surface area (Å²) in [5, 5.41) is 0. The molecule has 0 aliphatic carbocycles. The molecule has 0 radical (unpaired) electrons. The molecule has 0 aromatic rings. The SMILES string of the molecule is CCCOCCCCOCCCCCOCC. The molecular formula is C14H30O3. The maximum atomic E-state index is 5.55. The van der Waals surface area contributed by atoms with E-state index in [1.165, 1.54) is 6.42 Å². The van der Waals surface area contributed by atoms with Gasteiger partial charge in [0.25, 0.3) is 0 Å². The second-order valence-electron chi connectivity index (χ2n) is 4.19. The van der Waals surface area contributed by atoms with E-state index in [0.29, 0.717) is 0 Å². The maximum Gasteiger partial charge on any atom is 0.0466 e. The summed E-state index contributed by atoms with van der Waals surface area (Å²) in [5.74, 6) is 0. The zero-order valence-corrected chi connectivity index (χ0v) is 11.7. The van der Waals surface area contributed by atoms with Crippen LogP contribution in [-0.2, 0) is 14.2 Å². The molecule has 0 rings (SSSR count). The van der Waals surface area contributed by atoms with Crippen LogP contribution in [-0.4, -0.2) is 39.6 Å². The van der Waals surface area contributed by atoms with Gasteiger partial charge in [-0.25, -0.2) is 0 Å². The highest BCUT2D eigenvalue weighted by molar-refractivity contribution is 4.42. The van der Waals surface area contributed by atoms with Crippen molar-refractivity contribution in [3.63, 3.8) is 0 Å². The Balaban J connectivity index is 2.85. The van der Waals surface area contributed by atoms with E-state index in [4.69, 9.17) is 14.2 Å². The van der Waals surface area contributed by atoms with Crippen molar-refractivity contribution in [2.45, 2.75) is 52.4 Å². The van der Waals surface area contributed by atoms with Crippen LogP contribution in [0.15, 0.2) is 0 Å². The topological polar surface area (TPSA) is 27.7 Å². The van der Waals surface area contributed by atoms with Crippen LogP contribution in [0, 0.1) is 0 Å². The molecule has 0 amide bonds. The minimum Gasteiger partial charge on any atom is -0.382 e. The third-order valence-electron chi connectivity index (χ3n) is 2.46. The molecule has 0 aliphatic heterocycles. The standard InChI is InChI=1S/C14H30O3/c1-3-10-16-13-8-9-14-17-12-7-5-6-11-15-4-2/h3-14H2,1-2H3. The van der Waals surface area contributed by atoms with Crippen LogP contribution in [0.25, 0.3) is 0 Å². The third-order valence-corrected chi connectivity index (χ3v) is 2.46. The fourth-order valence-electron chi connectivity index (χ4n) is 1.49. The third kappa shape index (κ3) is 15.9. The van der Waals surface area contributed by atoms with Crippen LogP contribution < -0.4 is 0 Å². The van der Waals surface area contributed by atoms with Crippen LogP contribution in [0.1, 0.15) is 52.4 Å². The van der Waals surface area contributed by atoms with Gasteiger partial charge in [-0.1, -0.05) is 6.92 Å². The van der Waals surface area contributed by atoms with Crippen molar-refractivity contribution in [2.24, 2.45) is 0 Å². The molecule has 0 aliphatic rings. The van der Waals surface area contributed by atoms with Crippen LogP contribution in [0.2, 0.25) is 0 Å². The van der Waals surface area contributed by atoms with Crippen molar-refractivity contribution >= 4 is 0 Å².